The zero-order valence-electron chi connectivity index (χ0n) is 11.8. The van der Waals surface area contributed by atoms with E-state index in [2.05, 4.69) is 16.7 Å². The van der Waals surface area contributed by atoms with Gasteiger partial charge in [-0.2, -0.15) is 16.9 Å². The molecule has 5 nitrogen and oxygen atoms in total. The Balaban J connectivity index is 1.98. The molecule has 6 heteroatoms. The number of aryl methyl sites for hydroxylation is 2. The van der Waals surface area contributed by atoms with Gasteiger partial charge in [-0.05, 0) is 38.9 Å². The molecule has 0 atom stereocenters. The second-order valence-corrected chi connectivity index (χ2v) is 6.29. The van der Waals surface area contributed by atoms with Crippen molar-refractivity contribution in [1.82, 2.24) is 15.1 Å². The Hall–Kier alpha value is -1.17. The second kappa shape index (κ2) is 5.86. The fourth-order valence-corrected chi connectivity index (χ4v) is 3.38. The van der Waals surface area contributed by atoms with Gasteiger partial charge in [0, 0.05) is 18.3 Å². The molecule has 1 amide bonds. The molecule has 0 spiro atoms. The molecule has 0 aromatic carbocycles. The Kier molecular flexibility index (Phi) is 4.39. The van der Waals surface area contributed by atoms with Crippen molar-refractivity contribution in [2.24, 2.45) is 7.05 Å². The Morgan fingerprint density at radius 3 is 2.53 bits per heavy atom. The molecule has 1 aliphatic carbocycles. The lowest BCUT2D eigenvalue weighted by molar-refractivity contribution is 0.0919. The highest BCUT2D eigenvalue weighted by Gasteiger charge is 2.24. The monoisotopic (exact) mass is 282 g/mol. The first-order valence-corrected chi connectivity index (χ1v) is 7.94. The number of carbonyl (C=O) groups is 1. The van der Waals surface area contributed by atoms with E-state index in [-0.39, 0.29) is 11.9 Å². The molecule has 3 N–H and O–H groups in total. The van der Waals surface area contributed by atoms with Crippen molar-refractivity contribution in [2.45, 2.75) is 43.9 Å². The molecule has 1 aromatic heterocycles. The highest BCUT2D eigenvalue weighted by Crippen LogP contribution is 2.27. The second-order valence-electron chi connectivity index (χ2n) is 5.15. The zero-order chi connectivity index (χ0) is 14.0. The van der Waals surface area contributed by atoms with Crippen molar-refractivity contribution in [3.8, 4) is 0 Å². The van der Waals surface area contributed by atoms with E-state index in [1.165, 1.54) is 12.8 Å². The van der Waals surface area contributed by atoms with Crippen LogP contribution in [-0.4, -0.2) is 33.2 Å². The van der Waals surface area contributed by atoms with E-state index >= 15 is 0 Å². The predicted molar refractivity (Wildman–Crippen MR) is 79.4 cm³/mol. The van der Waals surface area contributed by atoms with E-state index in [0.717, 1.165) is 18.1 Å². The van der Waals surface area contributed by atoms with E-state index < -0.39 is 0 Å². The summed E-state index contributed by atoms with van der Waals surface area (Å²) in [5, 5.41) is 8.01. The first kappa shape index (κ1) is 14.2. The van der Waals surface area contributed by atoms with Crippen LogP contribution >= 0.6 is 11.8 Å². The number of amides is 1. The normalized spacial score (nSPS) is 23.3. The average molecular weight is 282 g/mol. The summed E-state index contributed by atoms with van der Waals surface area (Å²) in [4.78, 5) is 12.3. The van der Waals surface area contributed by atoms with Gasteiger partial charge in [-0.1, -0.05) is 0 Å². The van der Waals surface area contributed by atoms with Gasteiger partial charge < -0.3 is 11.1 Å². The minimum absolute atomic E-state index is 0.104. The van der Waals surface area contributed by atoms with Crippen LogP contribution in [0.5, 0.6) is 0 Å². The van der Waals surface area contributed by atoms with Gasteiger partial charge in [-0.15, -0.1) is 0 Å². The van der Waals surface area contributed by atoms with Crippen LogP contribution in [0.3, 0.4) is 0 Å². The number of rotatable bonds is 3. The smallest absolute Gasteiger partial charge is 0.271 e. The fourth-order valence-electron chi connectivity index (χ4n) is 2.64. The van der Waals surface area contributed by atoms with Crippen LogP contribution in [0.2, 0.25) is 0 Å². The number of hydrogen-bond acceptors (Lipinski definition) is 4. The van der Waals surface area contributed by atoms with Crippen LogP contribution < -0.4 is 11.1 Å². The first-order chi connectivity index (χ1) is 9.02. The fraction of sp³-hybridized carbons (Fsp3) is 0.692. The van der Waals surface area contributed by atoms with Gasteiger partial charge in [0.15, 0.2) is 0 Å². The quantitative estimate of drug-likeness (QED) is 0.885. The summed E-state index contributed by atoms with van der Waals surface area (Å²) in [6, 6.07) is 0.269. The number of nitrogen functional groups attached to an aromatic ring is 1. The molecule has 0 bridgehead atoms. The molecule has 0 saturated heterocycles. The maximum absolute atomic E-state index is 12.3. The topological polar surface area (TPSA) is 72.9 Å². The van der Waals surface area contributed by atoms with Crippen LogP contribution in [-0.2, 0) is 7.05 Å². The van der Waals surface area contributed by atoms with Crippen molar-refractivity contribution in [3.05, 3.63) is 11.4 Å². The van der Waals surface area contributed by atoms with E-state index in [0.29, 0.717) is 17.1 Å². The molecule has 1 fully saturated rings. The summed E-state index contributed by atoms with van der Waals surface area (Å²) in [6.45, 7) is 1.82. The first-order valence-electron chi connectivity index (χ1n) is 6.65. The summed E-state index contributed by atoms with van der Waals surface area (Å²) >= 11 is 1.92. The molecular formula is C13H22N4OS. The molecule has 106 valence electrons. The van der Waals surface area contributed by atoms with E-state index in [4.69, 9.17) is 5.73 Å². The SMILES string of the molecule is CSC1CCC(NC(=O)c2c(N)c(C)nn2C)CC1. The number of nitrogens with one attached hydrogen (secondary N) is 1. The number of aromatic nitrogens is 2. The van der Waals surface area contributed by atoms with Crippen molar-refractivity contribution in [2.75, 3.05) is 12.0 Å². The standard InChI is InChI=1S/C13H22N4OS/c1-8-11(14)12(17(2)16-8)13(18)15-9-4-6-10(19-3)7-5-9/h9-10H,4-7,14H2,1-3H3,(H,15,18). The van der Waals surface area contributed by atoms with E-state index in [1.54, 1.807) is 11.7 Å². The summed E-state index contributed by atoms with van der Waals surface area (Å²) in [5.74, 6) is -0.104. The highest BCUT2D eigenvalue weighted by atomic mass is 32.2. The number of thioether (sulfide) groups is 1. The number of carbonyl (C=O) groups excluding carboxylic acids is 1. The van der Waals surface area contributed by atoms with Crippen LogP contribution in [0.4, 0.5) is 5.69 Å². The predicted octanol–water partition coefficient (Wildman–Crippen LogP) is 1.71. The minimum atomic E-state index is -0.104. The van der Waals surface area contributed by atoms with E-state index in [9.17, 15) is 4.79 Å². The third-order valence-electron chi connectivity index (χ3n) is 3.83. The highest BCUT2D eigenvalue weighted by molar-refractivity contribution is 7.99. The molecule has 19 heavy (non-hydrogen) atoms. The summed E-state index contributed by atoms with van der Waals surface area (Å²) in [5.41, 5.74) is 7.57. The van der Waals surface area contributed by atoms with Gasteiger partial charge in [0.1, 0.15) is 5.69 Å². The molecule has 1 aliphatic rings. The maximum Gasteiger partial charge on any atom is 0.271 e. The van der Waals surface area contributed by atoms with E-state index in [1.807, 2.05) is 18.7 Å². The molecule has 0 radical (unpaired) electrons. The molecular weight excluding hydrogens is 260 g/mol. The van der Waals surface area contributed by atoms with Crippen LogP contribution in [0.1, 0.15) is 41.9 Å². The number of nitrogens with zero attached hydrogens (tertiary/aromatic N) is 2. The van der Waals surface area contributed by atoms with Gasteiger partial charge >= 0.3 is 0 Å². The van der Waals surface area contributed by atoms with Crippen molar-refractivity contribution < 1.29 is 4.79 Å². The van der Waals surface area contributed by atoms with Gasteiger partial charge in [0.2, 0.25) is 0 Å². The molecule has 1 heterocycles. The van der Waals surface area contributed by atoms with Crippen molar-refractivity contribution in [3.63, 3.8) is 0 Å². The van der Waals surface area contributed by atoms with Crippen LogP contribution in [0.15, 0.2) is 0 Å². The molecule has 2 rings (SSSR count). The summed E-state index contributed by atoms with van der Waals surface area (Å²) in [6.07, 6.45) is 6.60. The van der Waals surface area contributed by atoms with Gasteiger partial charge in [-0.3, -0.25) is 9.48 Å². The molecule has 1 aromatic rings. The zero-order valence-corrected chi connectivity index (χ0v) is 12.6. The minimum Gasteiger partial charge on any atom is -0.395 e. The summed E-state index contributed by atoms with van der Waals surface area (Å²) in [7, 11) is 1.75. The van der Waals surface area contributed by atoms with Gasteiger partial charge in [-0.25, -0.2) is 0 Å². The Morgan fingerprint density at radius 1 is 1.42 bits per heavy atom. The Morgan fingerprint density at radius 2 is 2.05 bits per heavy atom. The molecule has 1 saturated carbocycles. The lowest BCUT2D eigenvalue weighted by Crippen LogP contribution is -2.39. The Labute approximate surface area is 118 Å². The maximum atomic E-state index is 12.3. The largest absolute Gasteiger partial charge is 0.395 e. The number of hydrogen-bond donors (Lipinski definition) is 2. The summed E-state index contributed by atoms with van der Waals surface area (Å²) < 4.78 is 1.56. The Bertz CT molecular complexity index is 463. The van der Waals surface area contributed by atoms with Gasteiger partial charge in [0.25, 0.3) is 5.91 Å². The number of nitrogens with two attached hydrogens (primary N) is 1. The lowest BCUT2D eigenvalue weighted by Gasteiger charge is -2.28. The average Bonchev–Trinajstić information content (AvgIpc) is 2.64. The third kappa shape index (κ3) is 3.05. The van der Waals surface area contributed by atoms with Crippen LogP contribution in [0.25, 0.3) is 0 Å². The molecule has 0 unspecified atom stereocenters. The van der Waals surface area contributed by atoms with Crippen molar-refractivity contribution >= 4 is 23.4 Å². The molecule has 0 aliphatic heterocycles. The van der Waals surface area contributed by atoms with Crippen LogP contribution in [0, 0.1) is 6.92 Å². The van der Waals surface area contributed by atoms with Crippen molar-refractivity contribution in [1.29, 1.82) is 0 Å². The number of anilines is 1. The van der Waals surface area contributed by atoms with Gasteiger partial charge in [0.05, 0.1) is 11.4 Å². The lowest BCUT2D eigenvalue weighted by atomic mass is 9.95. The third-order valence-corrected chi connectivity index (χ3v) is 4.96.